The van der Waals surface area contributed by atoms with Gasteiger partial charge in [-0.2, -0.15) is 12.6 Å². The van der Waals surface area contributed by atoms with Crippen molar-refractivity contribution >= 4 is 24.5 Å². The molecule has 6 heteroatoms. The minimum atomic E-state index is -1.06. The molecular weight excluding hydrogens is 262 g/mol. The Labute approximate surface area is 85.7 Å². The molecule has 0 aliphatic carbocycles. The first kappa shape index (κ1) is 13.6. The summed E-state index contributed by atoms with van der Waals surface area (Å²) < 4.78 is 0. The molecule has 11 heavy (non-hydrogen) atoms. The number of carboxylic acids is 1. The summed E-state index contributed by atoms with van der Waals surface area (Å²) in [7, 11) is 0. The Morgan fingerprint density at radius 2 is 2.09 bits per heavy atom. The zero-order chi connectivity index (χ0) is 8.15. The van der Waals surface area contributed by atoms with E-state index in [4.69, 9.17) is 5.11 Å². The summed E-state index contributed by atoms with van der Waals surface area (Å²) in [5.41, 5.74) is 0. The minimum absolute atomic E-state index is 0. The van der Waals surface area contributed by atoms with E-state index in [9.17, 15) is 9.59 Å². The second kappa shape index (κ2) is 6.72. The zero-order valence-electron chi connectivity index (χ0n) is 5.80. The van der Waals surface area contributed by atoms with Gasteiger partial charge in [0.2, 0.25) is 5.91 Å². The van der Waals surface area contributed by atoms with Crippen molar-refractivity contribution in [3.63, 3.8) is 0 Å². The molecule has 0 bridgehead atoms. The maximum Gasteiger partial charge on any atom is 1.00 e. The molecule has 1 atom stereocenters. The van der Waals surface area contributed by atoms with Crippen LogP contribution in [0.5, 0.6) is 0 Å². The third kappa shape index (κ3) is 6.43. The third-order valence-electron chi connectivity index (χ3n) is 0.858. The van der Waals surface area contributed by atoms with Crippen molar-refractivity contribution in [1.29, 1.82) is 0 Å². The van der Waals surface area contributed by atoms with Crippen molar-refractivity contribution in [2.45, 2.75) is 13.0 Å². The molecule has 0 spiro atoms. The Hall–Kier alpha value is 0.0303. The first-order valence-electron chi connectivity index (χ1n) is 2.68. The molecule has 0 aliphatic heterocycles. The van der Waals surface area contributed by atoms with Gasteiger partial charge in [0.1, 0.15) is 6.04 Å². The van der Waals surface area contributed by atoms with Crippen molar-refractivity contribution in [3.8, 4) is 0 Å². The van der Waals surface area contributed by atoms with Gasteiger partial charge >= 0.3 is 28.3 Å². The molecule has 0 fully saturated rings. The van der Waals surface area contributed by atoms with Crippen LogP contribution in [0.4, 0.5) is 0 Å². The van der Waals surface area contributed by atoms with Gasteiger partial charge in [0, 0.05) is 12.7 Å². The summed E-state index contributed by atoms with van der Waals surface area (Å²) >= 11 is 3.73. The topological polar surface area (TPSA) is 66.4 Å². The molecule has 0 aliphatic rings. The second-order valence-corrected chi connectivity index (χ2v) is 2.14. The zero-order valence-corrected chi connectivity index (χ0v) is 8.17. The molecule has 0 unspecified atom stereocenters. The number of amides is 1. The number of aliphatic carboxylic acids is 1. The average molecular weight is 271 g/mol. The van der Waals surface area contributed by atoms with E-state index >= 15 is 0 Å². The maximum atomic E-state index is 10.3. The van der Waals surface area contributed by atoms with Crippen LogP contribution in [0.1, 0.15) is 6.92 Å². The van der Waals surface area contributed by atoms with Crippen LogP contribution in [-0.2, 0) is 32.0 Å². The van der Waals surface area contributed by atoms with Gasteiger partial charge in [0.15, 0.2) is 0 Å². The SMILES string of the molecule is CC(=O)N[C@@H](CS)C(=O)O.[Ag+]. The van der Waals surface area contributed by atoms with Crippen LogP contribution in [0, 0.1) is 0 Å². The number of carbonyl (C=O) groups excluding carboxylic acids is 1. The van der Waals surface area contributed by atoms with E-state index in [1.165, 1.54) is 6.92 Å². The Morgan fingerprint density at radius 3 is 2.18 bits per heavy atom. The first-order valence-corrected chi connectivity index (χ1v) is 3.32. The predicted octanol–water partition coefficient (Wildman–Crippen LogP) is -0.497. The van der Waals surface area contributed by atoms with Crippen LogP contribution in [0.3, 0.4) is 0 Å². The molecule has 4 nitrogen and oxygen atoms in total. The molecule has 0 aromatic rings. The summed E-state index contributed by atoms with van der Waals surface area (Å²) in [6, 6.07) is -0.874. The summed E-state index contributed by atoms with van der Waals surface area (Å²) in [5.74, 6) is -1.32. The van der Waals surface area contributed by atoms with Crippen LogP contribution in [0.25, 0.3) is 0 Å². The van der Waals surface area contributed by atoms with Crippen molar-refractivity contribution in [2.75, 3.05) is 5.75 Å². The second-order valence-electron chi connectivity index (χ2n) is 1.77. The largest absolute Gasteiger partial charge is 1.00 e. The van der Waals surface area contributed by atoms with Gasteiger partial charge in [0.25, 0.3) is 0 Å². The van der Waals surface area contributed by atoms with Crippen molar-refractivity contribution in [1.82, 2.24) is 5.32 Å². The van der Waals surface area contributed by atoms with Gasteiger partial charge in [-0.05, 0) is 0 Å². The number of rotatable bonds is 3. The Bertz CT molecular complexity index is 153. The van der Waals surface area contributed by atoms with E-state index in [0.29, 0.717) is 0 Å². The molecule has 68 valence electrons. The van der Waals surface area contributed by atoms with Crippen LogP contribution < -0.4 is 5.32 Å². The van der Waals surface area contributed by atoms with E-state index in [1.54, 1.807) is 0 Å². The Morgan fingerprint density at radius 1 is 1.64 bits per heavy atom. The van der Waals surface area contributed by atoms with Gasteiger partial charge in [-0.15, -0.1) is 0 Å². The molecule has 1 amide bonds. The molecular formula is C5H9AgNO3S+. The van der Waals surface area contributed by atoms with E-state index in [-0.39, 0.29) is 34.0 Å². The number of carboxylic acid groups (broad SMARTS) is 1. The van der Waals surface area contributed by atoms with E-state index in [0.717, 1.165) is 0 Å². The third-order valence-corrected chi connectivity index (χ3v) is 1.22. The molecule has 0 heterocycles. The van der Waals surface area contributed by atoms with E-state index in [2.05, 4.69) is 17.9 Å². The minimum Gasteiger partial charge on any atom is -0.480 e. The normalized spacial score (nSPS) is 11.1. The van der Waals surface area contributed by atoms with Crippen LogP contribution in [-0.4, -0.2) is 28.8 Å². The van der Waals surface area contributed by atoms with Gasteiger partial charge in [-0.25, -0.2) is 4.79 Å². The van der Waals surface area contributed by atoms with E-state index in [1.807, 2.05) is 0 Å². The molecule has 0 radical (unpaired) electrons. The predicted molar refractivity (Wildman–Crippen MR) is 39.1 cm³/mol. The summed E-state index contributed by atoms with van der Waals surface area (Å²) in [4.78, 5) is 20.5. The maximum absolute atomic E-state index is 10.3. The number of hydrogen-bond acceptors (Lipinski definition) is 3. The average Bonchev–Trinajstić information content (AvgIpc) is 1.81. The van der Waals surface area contributed by atoms with Crippen molar-refractivity contribution in [3.05, 3.63) is 0 Å². The smallest absolute Gasteiger partial charge is 0.480 e. The Balaban J connectivity index is 0. The number of carbonyl (C=O) groups is 2. The van der Waals surface area contributed by atoms with Crippen LogP contribution in [0.2, 0.25) is 0 Å². The van der Waals surface area contributed by atoms with Crippen molar-refractivity contribution in [2.24, 2.45) is 0 Å². The molecule has 0 aromatic heterocycles. The van der Waals surface area contributed by atoms with Crippen LogP contribution >= 0.6 is 12.6 Å². The fourth-order valence-electron chi connectivity index (χ4n) is 0.431. The van der Waals surface area contributed by atoms with Gasteiger partial charge in [0.05, 0.1) is 0 Å². The fourth-order valence-corrected chi connectivity index (χ4v) is 0.678. The quantitative estimate of drug-likeness (QED) is 0.479. The summed E-state index contributed by atoms with van der Waals surface area (Å²) in [6.07, 6.45) is 0. The summed E-state index contributed by atoms with van der Waals surface area (Å²) in [5, 5.41) is 10.6. The van der Waals surface area contributed by atoms with Gasteiger partial charge in [-0.3, -0.25) is 4.79 Å². The number of hydrogen-bond donors (Lipinski definition) is 3. The standard InChI is InChI=1S/C5H9NO3S.Ag/c1-3(7)6-4(2-10)5(8)9;/h4,10H,2H2,1H3,(H,6,7)(H,8,9);/q;+1/t4-;/m0./s1. The monoisotopic (exact) mass is 270 g/mol. The number of nitrogens with one attached hydrogen (secondary N) is 1. The van der Waals surface area contributed by atoms with Gasteiger partial charge < -0.3 is 10.4 Å². The number of thiol groups is 1. The van der Waals surface area contributed by atoms with Crippen molar-refractivity contribution < 1.29 is 37.1 Å². The van der Waals surface area contributed by atoms with Gasteiger partial charge in [-0.1, -0.05) is 0 Å². The molecule has 0 aromatic carbocycles. The molecule has 2 N–H and O–H groups in total. The molecule has 0 rings (SSSR count). The van der Waals surface area contributed by atoms with Crippen LogP contribution in [0.15, 0.2) is 0 Å². The summed E-state index contributed by atoms with van der Waals surface area (Å²) in [6.45, 7) is 1.26. The molecule has 0 saturated heterocycles. The first-order chi connectivity index (χ1) is 4.57. The Kier molecular flexibility index (Phi) is 8.32. The molecule has 0 saturated carbocycles. The fraction of sp³-hybridized carbons (Fsp3) is 0.600. The van der Waals surface area contributed by atoms with E-state index < -0.39 is 12.0 Å².